The van der Waals surface area contributed by atoms with Gasteiger partial charge in [0.25, 0.3) is 5.69 Å². The minimum absolute atomic E-state index is 0.144. The highest BCUT2D eigenvalue weighted by Crippen LogP contribution is 2.29. The molecule has 0 radical (unpaired) electrons. The molecule has 20 heavy (non-hydrogen) atoms. The van der Waals surface area contributed by atoms with Crippen LogP contribution in [-0.4, -0.2) is 4.92 Å². The fourth-order valence-corrected chi connectivity index (χ4v) is 2.10. The molecule has 0 amide bonds. The van der Waals surface area contributed by atoms with E-state index in [1.54, 1.807) is 18.2 Å². The van der Waals surface area contributed by atoms with Crippen LogP contribution >= 0.6 is 27.5 Å². The molecule has 0 fully saturated rings. The van der Waals surface area contributed by atoms with Crippen LogP contribution in [0.1, 0.15) is 5.56 Å². The zero-order valence-electron chi connectivity index (χ0n) is 9.98. The molecule has 4 nitrogen and oxygen atoms in total. The average molecular weight is 361 g/mol. The quantitative estimate of drug-likeness (QED) is 0.585. The molecule has 0 aliphatic heterocycles. The molecule has 0 N–H and O–H groups in total. The lowest BCUT2D eigenvalue weighted by molar-refractivity contribution is -0.385. The van der Waals surface area contributed by atoms with Crippen molar-refractivity contribution in [2.75, 3.05) is 0 Å². The third-order valence-corrected chi connectivity index (χ3v) is 3.32. The van der Waals surface area contributed by atoms with E-state index in [1.165, 1.54) is 0 Å². The lowest BCUT2D eigenvalue weighted by atomic mass is 10.2. The number of benzene rings is 2. The van der Waals surface area contributed by atoms with Crippen molar-refractivity contribution in [1.29, 1.82) is 0 Å². The predicted octanol–water partition coefficient (Wildman–Crippen LogP) is 4.73. The number of nitro groups is 1. The fourth-order valence-electron chi connectivity index (χ4n) is 1.59. The SMILES string of the molecule is O=[N+]([O-])c1ccc(F)cc1COc1cc(Br)ccc1Cl. The van der Waals surface area contributed by atoms with E-state index in [0.29, 0.717) is 10.8 Å². The fraction of sp³-hybridized carbons (Fsp3) is 0.0769. The van der Waals surface area contributed by atoms with Crippen LogP contribution in [0.2, 0.25) is 5.02 Å². The average Bonchev–Trinajstić information content (AvgIpc) is 2.39. The number of ether oxygens (including phenoxy) is 1. The van der Waals surface area contributed by atoms with Gasteiger partial charge in [-0.2, -0.15) is 0 Å². The first kappa shape index (κ1) is 14.7. The van der Waals surface area contributed by atoms with E-state index in [9.17, 15) is 14.5 Å². The Bertz CT molecular complexity index is 666. The zero-order chi connectivity index (χ0) is 14.7. The Morgan fingerprint density at radius 2 is 2.05 bits per heavy atom. The van der Waals surface area contributed by atoms with Crippen molar-refractivity contribution in [3.8, 4) is 5.75 Å². The van der Waals surface area contributed by atoms with Gasteiger partial charge in [0.1, 0.15) is 18.2 Å². The Morgan fingerprint density at radius 3 is 2.75 bits per heavy atom. The largest absolute Gasteiger partial charge is 0.487 e. The lowest BCUT2D eigenvalue weighted by Crippen LogP contribution is -2.01. The van der Waals surface area contributed by atoms with E-state index in [4.69, 9.17) is 16.3 Å². The topological polar surface area (TPSA) is 52.4 Å². The van der Waals surface area contributed by atoms with E-state index >= 15 is 0 Å². The minimum atomic E-state index is -0.583. The molecule has 2 aromatic rings. The van der Waals surface area contributed by atoms with Crippen molar-refractivity contribution in [2.45, 2.75) is 6.61 Å². The van der Waals surface area contributed by atoms with Crippen LogP contribution < -0.4 is 4.74 Å². The molecule has 2 aromatic carbocycles. The number of nitro benzene ring substituents is 1. The van der Waals surface area contributed by atoms with Gasteiger partial charge in [0.05, 0.1) is 15.5 Å². The number of hydrogen-bond acceptors (Lipinski definition) is 3. The second-order valence-corrected chi connectivity index (χ2v) is 5.22. The molecular weight excluding hydrogens is 353 g/mol. The first-order valence-corrected chi connectivity index (χ1v) is 6.65. The van der Waals surface area contributed by atoms with Gasteiger partial charge in [-0.15, -0.1) is 0 Å². The molecule has 0 unspecified atom stereocenters. The molecule has 0 saturated carbocycles. The van der Waals surface area contributed by atoms with Gasteiger partial charge in [-0.25, -0.2) is 4.39 Å². The second kappa shape index (κ2) is 6.19. The van der Waals surface area contributed by atoms with Crippen molar-refractivity contribution >= 4 is 33.2 Å². The van der Waals surface area contributed by atoms with Crippen LogP contribution in [0.3, 0.4) is 0 Å². The summed E-state index contributed by atoms with van der Waals surface area (Å²) in [6, 6.07) is 8.21. The van der Waals surface area contributed by atoms with Gasteiger partial charge in [-0.3, -0.25) is 10.1 Å². The van der Waals surface area contributed by atoms with Crippen molar-refractivity contribution in [1.82, 2.24) is 0 Å². The summed E-state index contributed by atoms with van der Waals surface area (Å²) in [4.78, 5) is 10.3. The van der Waals surface area contributed by atoms with Crippen LogP contribution in [0.5, 0.6) is 5.75 Å². The molecular formula is C13H8BrClFNO3. The van der Waals surface area contributed by atoms with Crippen LogP contribution in [0.15, 0.2) is 40.9 Å². The van der Waals surface area contributed by atoms with E-state index in [1.807, 2.05) is 0 Å². The van der Waals surface area contributed by atoms with Crippen LogP contribution in [0.25, 0.3) is 0 Å². The summed E-state index contributed by atoms with van der Waals surface area (Å²) < 4.78 is 19.3. The van der Waals surface area contributed by atoms with Gasteiger partial charge >= 0.3 is 0 Å². The molecule has 104 valence electrons. The van der Waals surface area contributed by atoms with E-state index in [-0.39, 0.29) is 17.9 Å². The van der Waals surface area contributed by atoms with Gasteiger partial charge in [-0.1, -0.05) is 27.5 Å². The summed E-state index contributed by atoms with van der Waals surface area (Å²) in [6.07, 6.45) is 0. The number of hydrogen-bond donors (Lipinski definition) is 0. The molecule has 0 aromatic heterocycles. The zero-order valence-corrected chi connectivity index (χ0v) is 12.3. The third-order valence-electron chi connectivity index (χ3n) is 2.51. The first-order valence-electron chi connectivity index (χ1n) is 5.48. The Kier molecular flexibility index (Phi) is 4.57. The Hall–Kier alpha value is -1.66. The van der Waals surface area contributed by atoms with Gasteiger partial charge in [0.15, 0.2) is 0 Å². The van der Waals surface area contributed by atoms with Gasteiger partial charge in [0.2, 0.25) is 0 Å². The first-order chi connectivity index (χ1) is 9.47. The highest BCUT2D eigenvalue weighted by Gasteiger charge is 2.15. The van der Waals surface area contributed by atoms with Crippen LogP contribution in [-0.2, 0) is 6.61 Å². The van der Waals surface area contributed by atoms with Crippen molar-refractivity contribution in [3.05, 3.63) is 67.4 Å². The maximum atomic E-state index is 13.2. The number of halogens is 3. The molecule has 0 spiro atoms. The van der Waals surface area contributed by atoms with E-state index < -0.39 is 10.7 Å². The predicted molar refractivity (Wildman–Crippen MR) is 76.5 cm³/mol. The number of rotatable bonds is 4. The summed E-state index contributed by atoms with van der Waals surface area (Å²) in [5.41, 5.74) is -0.0523. The number of nitrogens with zero attached hydrogens (tertiary/aromatic N) is 1. The molecule has 0 saturated heterocycles. The highest BCUT2D eigenvalue weighted by molar-refractivity contribution is 9.10. The molecule has 0 aliphatic rings. The molecule has 7 heteroatoms. The Morgan fingerprint density at radius 1 is 1.30 bits per heavy atom. The van der Waals surface area contributed by atoms with Crippen molar-refractivity contribution in [2.24, 2.45) is 0 Å². The summed E-state index contributed by atoms with van der Waals surface area (Å²) in [6.45, 7) is -0.149. The van der Waals surface area contributed by atoms with Gasteiger partial charge < -0.3 is 4.74 Å². The third kappa shape index (κ3) is 3.46. The lowest BCUT2D eigenvalue weighted by Gasteiger charge is -2.09. The standard InChI is InChI=1S/C13H8BrClFNO3/c14-9-1-3-11(15)13(6-9)20-7-8-5-10(16)2-4-12(8)17(18)19/h1-6H,7H2. The van der Waals surface area contributed by atoms with Crippen molar-refractivity contribution in [3.63, 3.8) is 0 Å². The molecule has 2 rings (SSSR count). The maximum absolute atomic E-state index is 13.2. The minimum Gasteiger partial charge on any atom is -0.487 e. The van der Waals surface area contributed by atoms with Crippen LogP contribution in [0.4, 0.5) is 10.1 Å². The summed E-state index contributed by atoms with van der Waals surface area (Å²) >= 11 is 9.21. The van der Waals surface area contributed by atoms with Gasteiger partial charge in [0, 0.05) is 10.5 Å². The second-order valence-electron chi connectivity index (χ2n) is 3.89. The Balaban J connectivity index is 2.24. The molecule has 0 atom stereocenters. The van der Waals surface area contributed by atoms with E-state index in [2.05, 4.69) is 15.9 Å². The monoisotopic (exact) mass is 359 g/mol. The summed E-state index contributed by atoms with van der Waals surface area (Å²) in [7, 11) is 0. The summed E-state index contributed by atoms with van der Waals surface area (Å²) in [5, 5.41) is 11.2. The normalized spacial score (nSPS) is 10.3. The molecule has 0 aliphatic carbocycles. The highest BCUT2D eigenvalue weighted by atomic mass is 79.9. The van der Waals surface area contributed by atoms with Crippen LogP contribution in [0, 0.1) is 15.9 Å². The van der Waals surface area contributed by atoms with E-state index in [0.717, 1.165) is 22.7 Å². The molecule has 0 heterocycles. The Labute approximate surface area is 127 Å². The molecule has 0 bridgehead atoms. The van der Waals surface area contributed by atoms with Gasteiger partial charge in [-0.05, 0) is 30.3 Å². The summed E-state index contributed by atoms with van der Waals surface area (Å²) in [5.74, 6) is -0.200. The van der Waals surface area contributed by atoms with Crippen molar-refractivity contribution < 1.29 is 14.1 Å². The smallest absolute Gasteiger partial charge is 0.276 e. The maximum Gasteiger partial charge on any atom is 0.276 e.